The Kier molecular flexibility index (Phi) is 7.50. The van der Waals surface area contributed by atoms with E-state index in [4.69, 9.17) is 27.9 Å². The molecule has 0 bridgehead atoms. The van der Waals surface area contributed by atoms with Gasteiger partial charge < -0.3 is 15.0 Å². The van der Waals surface area contributed by atoms with Crippen LogP contribution in [0.3, 0.4) is 0 Å². The second-order valence-corrected chi connectivity index (χ2v) is 10.0. The summed E-state index contributed by atoms with van der Waals surface area (Å²) < 4.78 is 8.22. The summed E-state index contributed by atoms with van der Waals surface area (Å²) in [6, 6.07) is 20.8. The van der Waals surface area contributed by atoms with Crippen molar-refractivity contribution in [1.82, 2.24) is 19.4 Å². The zero-order chi connectivity index (χ0) is 27.7. The number of imidazole rings is 1. The third kappa shape index (κ3) is 5.17. The highest BCUT2D eigenvalue weighted by Crippen LogP contribution is 2.26. The summed E-state index contributed by atoms with van der Waals surface area (Å²) in [5, 5.41) is 3.65. The highest BCUT2D eigenvalue weighted by molar-refractivity contribution is 6.42. The molecule has 2 amide bonds. The van der Waals surface area contributed by atoms with Crippen LogP contribution in [0.15, 0.2) is 77.6 Å². The lowest BCUT2D eigenvalue weighted by molar-refractivity contribution is 0.0706. The molecule has 200 valence electrons. The van der Waals surface area contributed by atoms with Crippen LogP contribution in [0.5, 0.6) is 5.75 Å². The Bertz CT molecular complexity index is 1600. The lowest BCUT2D eigenvalue weighted by Crippen LogP contribution is -2.41. The predicted molar refractivity (Wildman–Crippen MR) is 150 cm³/mol. The van der Waals surface area contributed by atoms with Crippen LogP contribution in [0.2, 0.25) is 10.0 Å². The standard InChI is InChI=1S/C29H26Cl2N4O4/c1-18(19-6-4-3-5-7-19)32-27(36)26-25-17-33(28(37)20-8-13-23(30)24(31)16-20)14-15-34(25)29(38)35(26)21-9-11-22(39-2)12-10-21/h3-13,16,18H,14-15,17H2,1-2H3,(H,32,36). The number of rotatable bonds is 6. The van der Waals surface area contributed by atoms with Crippen molar-refractivity contribution in [2.75, 3.05) is 13.7 Å². The van der Waals surface area contributed by atoms with Crippen LogP contribution in [0, 0.1) is 0 Å². The smallest absolute Gasteiger partial charge is 0.333 e. The Hall–Kier alpha value is -4.01. The number of benzene rings is 3. The van der Waals surface area contributed by atoms with Crippen LogP contribution in [0.1, 0.15) is 45.1 Å². The van der Waals surface area contributed by atoms with Crippen LogP contribution in [0.4, 0.5) is 0 Å². The van der Waals surface area contributed by atoms with Gasteiger partial charge in [-0.1, -0.05) is 53.5 Å². The van der Waals surface area contributed by atoms with Gasteiger partial charge in [-0.2, -0.15) is 0 Å². The van der Waals surface area contributed by atoms with Gasteiger partial charge >= 0.3 is 5.69 Å². The SMILES string of the molecule is COc1ccc(-n2c(C(=O)NC(C)c3ccccc3)c3n(c2=O)CCN(C(=O)c2ccc(Cl)c(Cl)c2)C3)cc1. The van der Waals surface area contributed by atoms with E-state index in [0.29, 0.717) is 34.3 Å². The molecule has 4 aromatic rings. The fourth-order valence-electron chi connectivity index (χ4n) is 4.74. The molecule has 39 heavy (non-hydrogen) atoms. The van der Waals surface area contributed by atoms with Crippen molar-refractivity contribution >= 4 is 35.0 Å². The monoisotopic (exact) mass is 564 g/mol. The Labute approximate surface area is 235 Å². The largest absolute Gasteiger partial charge is 0.497 e. The van der Waals surface area contributed by atoms with Crippen molar-refractivity contribution in [2.24, 2.45) is 0 Å². The number of nitrogens with one attached hydrogen (secondary N) is 1. The van der Waals surface area contributed by atoms with Gasteiger partial charge in [0.25, 0.3) is 11.8 Å². The summed E-state index contributed by atoms with van der Waals surface area (Å²) in [5.41, 5.74) is 2.09. The molecule has 1 aliphatic heterocycles. The molecule has 1 aliphatic rings. The fraction of sp³-hybridized carbons (Fsp3) is 0.207. The van der Waals surface area contributed by atoms with Gasteiger partial charge in [0.1, 0.15) is 11.4 Å². The van der Waals surface area contributed by atoms with Crippen molar-refractivity contribution in [3.05, 3.63) is 116 Å². The van der Waals surface area contributed by atoms with Crippen LogP contribution in [-0.2, 0) is 13.1 Å². The number of amides is 2. The first-order valence-electron chi connectivity index (χ1n) is 12.4. The van der Waals surface area contributed by atoms with Crippen molar-refractivity contribution in [2.45, 2.75) is 26.1 Å². The lowest BCUT2D eigenvalue weighted by Gasteiger charge is -2.28. The number of carbonyl (C=O) groups excluding carboxylic acids is 2. The first-order valence-corrected chi connectivity index (χ1v) is 13.1. The Morgan fingerprint density at radius 3 is 2.33 bits per heavy atom. The molecule has 3 aromatic carbocycles. The van der Waals surface area contributed by atoms with E-state index in [0.717, 1.165) is 5.56 Å². The molecule has 0 fully saturated rings. The molecule has 0 saturated carbocycles. The number of methoxy groups -OCH3 is 1. The van der Waals surface area contributed by atoms with Gasteiger partial charge in [0.2, 0.25) is 0 Å². The van der Waals surface area contributed by atoms with E-state index in [-0.39, 0.29) is 41.4 Å². The Balaban J connectivity index is 1.56. The fourth-order valence-corrected chi connectivity index (χ4v) is 5.04. The van der Waals surface area contributed by atoms with Gasteiger partial charge in [0, 0.05) is 18.7 Å². The number of nitrogens with zero attached hydrogens (tertiary/aromatic N) is 3. The van der Waals surface area contributed by atoms with E-state index < -0.39 is 5.91 Å². The molecule has 10 heteroatoms. The van der Waals surface area contributed by atoms with Gasteiger partial charge in [0.15, 0.2) is 0 Å². The Morgan fingerprint density at radius 2 is 1.67 bits per heavy atom. The van der Waals surface area contributed by atoms with Crippen molar-refractivity contribution in [3.63, 3.8) is 0 Å². The molecule has 0 saturated heterocycles. The van der Waals surface area contributed by atoms with Gasteiger partial charge in [-0.3, -0.25) is 18.7 Å². The van der Waals surface area contributed by atoms with Crippen molar-refractivity contribution in [3.8, 4) is 11.4 Å². The van der Waals surface area contributed by atoms with E-state index in [1.54, 1.807) is 53.0 Å². The number of aromatic nitrogens is 2. The maximum atomic E-state index is 13.8. The highest BCUT2D eigenvalue weighted by atomic mass is 35.5. The van der Waals surface area contributed by atoms with E-state index in [1.165, 1.54) is 10.6 Å². The quantitative estimate of drug-likeness (QED) is 0.353. The lowest BCUT2D eigenvalue weighted by atomic mass is 10.1. The maximum Gasteiger partial charge on any atom is 0.333 e. The average molecular weight is 565 g/mol. The van der Waals surface area contributed by atoms with E-state index in [2.05, 4.69) is 5.32 Å². The topological polar surface area (TPSA) is 85.6 Å². The molecule has 2 heterocycles. The average Bonchev–Trinajstić information content (AvgIpc) is 3.26. The van der Waals surface area contributed by atoms with Crippen molar-refractivity contribution in [1.29, 1.82) is 0 Å². The first kappa shape index (κ1) is 26.6. The van der Waals surface area contributed by atoms with Crippen LogP contribution in [0.25, 0.3) is 5.69 Å². The van der Waals surface area contributed by atoms with E-state index in [9.17, 15) is 14.4 Å². The zero-order valence-electron chi connectivity index (χ0n) is 21.4. The minimum absolute atomic E-state index is 0.0694. The van der Waals surface area contributed by atoms with Gasteiger partial charge in [0.05, 0.1) is 41.1 Å². The number of hydrogen-bond donors (Lipinski definition) is 1. The normalized spacial score (nSPS) is 13.5. The predicted octanol–water partition coefficient (Wildman–Crippen LogP) is 5.10. The number of hydrogen-bond acceptors (Lipinski definition) is 4. The second-order valence-electron chi connectivity index (χ2n) is 9.22. The second kappa shape index (κ2) is 11.0. The van der Waals surface area contributed by atoms with Crippen LogP contribution >= 0.6 is 23.2 Å². The summed E-state index contributed by atoms with van der Waals surface area (Å²) in [5.74, 6) is -0.0665. The van der Waals surface area contributed by atoms with Crippen molar-refractivity contribution < 1.29 is 14.3 Å². The molecule has 0 spiro atoms. The molecule has 5 rings (SSSR count). The number of ether oxygens (including phenoxy) is 1. The molecular weight excluding hydrogens is 539 g/mol. The summed E-state index contributed by atoms with van der Waals surface area (Å²) >= 11 is 12.2. The number of halogens is 2. The molecule has 1 unspecified atom stereocenters. The number of fused-ring (bicyclic) bond motifs is 1. The molecular formula is C29H26Cl2N4O4. The van der Waals surface area contributed by atoms with Gasteiger partial charge in [-0.05, 0) is 55.0 Å². The van der Waals surface area contributed by atoms with Crippen LogP contribution < -0.4 is 15.7 Å². The molecule has 1 atom stereocenters. The summed E-state index contributed by atoms with van der Waals surface area (Å²) in [6.45, 7) is 2.48. The highest BCUT2D eigenvalue weighted by Gasteiger charge is 2.32. The minimum Gasteiger partial charge on any atom is -0.497 e. The van der Waals surface area contributed by atoms with E-state index in [1.807, 2.05) is 37.3 Å². The minimum atomic E-state index is -0.420. The summed E-state index contributed by atoms with van der Waals surface area (Å²) in [7, 11) is 1.56. The summed E-state index contributed by atoms with van der Waals surface area (Å²) in [6.07, 6.45) is 0. The summed E-state index contributed by atoms with van der Waals surface area (Å²) in [4.78, 5) is 42.4. The first-order chi connectivity index (χ1) is 18.8. The van der Waals surface area contributed by atoms with Crippen LogP contribution in [-0.4, -0.2) is 39.5 Å². The molecule has 0 radical (unpaired) electrons. The Morgan fingerprint density at radius 1 is 0.949 bits per heavy atom. The van der Waals surface area contributed by atoms with E-state index >= 15 is 0 Å². The maximum absolute atomic E-state index is 13.8. The molecule has 1 N–H and O–H groups in total. The van der Waals surface area contributed by atoms with Gasteiger partial charge in [-0.25, -0.2) is 4.79 Å². The molecule has 1 aromatic heterocycles. The zero-order valence-corrected chi connectivity index (χ0v) is 22.9. The third-order valence-electron chi connectivity index (χ3n) is 6.83. The van der Waals surface area contributed by atoms with Gasteiger partial charge in [-0.15, -0.1) is 0 Å². The molecule has 8 nitrogen and oxygen atoms in total. The molecule has 0 aliphatic carbocycles. The third-order valence-corrected chi connectivity index (χ3v) is 7.56. The number of carbonyl (C=O) groups is 2.